The van der Waals surface area contributed by atoms with Gasteiger partial charge in [0.15, 0.2) is 0 Å². The van der Waals surface area contributed by atoms with E-state index in [2.05, 4.69) is 15.9 Å². The quantitative estimate of drug-likeness (QED) is 0.901. The van der Waals surface area contributed by atoms with Crippen molar-refractivity contribution in [3.05, 3.63) is 33.8 Å². The van der Waals surface area contributed by atoms with Crippen molar-refractivity contribution in [3.8, 4) is 0 Å². The third-order valence-corrected chi connectivity index (χ3v) is 2.81. The summed E-state index contributed by atoms with van der Waals surface area (Å²) in [5.74, 6) is -1.14. The summed E-state index contributed by atoms with van der Waals surface area (Å²) in [6.45, 7) is 3.83. The molecule has 0 amide bonds. The number of carbonyl (C=O) groups is 1. The minimum Gasteiger partial charge on any atom is -0.481 e. The summed E-state index contributed by atoms with van der Waals surface area (Å²) in [4.78, 5) is 11.0. The van der Waals surface area contributed by atoms with Crippen LogP contribution >= 0.6 is 15.9 Å². The maximum absolute atomic E-state index is 11.0. The van der Waals surface area contributed by atoms with E-state index in [1.165, 1.54) is 0 Å². The molecule has 0 aliphatic carbocycles. The number of aryl methyl sites for hydroxylation is 1. The van der Waals surface area contributed by atoms with Crippen LogP contribution in [-0.4, -0.2) is 11.1 Å². The first-order valence-electron chi connectivity index (χ1n) is 4.55. The summed E-state index contributed by atoms with van der Waals surface area (Å²) in [7, 11) is 0. The first kappa shape index (κ1) is 11.2. The molecular formula is C11H13BrO2. The lowest BCUT2D eigenvalue weighted by atomic mass is 9.93. The predicted octanol–water partition coefficient (Wildman–Crippen LogP) is 3.34. The van der Waals surface area contributed by atoms with Crippen LogP contribution in [0, 0.1) is 6.92 Å². The molecule has 1 unspecified atom stereocenters. The number of hydrogen-bond acceptors (Lipinski definition) is 1. The molecule has 3 heteroatoms. The standard InChI is InChI=1S/C11H13BrO2/c1-3-9(11(13)14)10-5-4-8(12)6-7(10)2/h4-6,9H,3H2,1-2H3,(H,13,14). The molecule has 0 saturated carbocycles. The van der Waals surface area contributed by atoms with E-state index in [1.807, 2.05) is 32.0 Å². The minimum atomic E-state index is -0.752. The van der Waals surface area contributed by atoms with Crippen molar-refractivity contribution in [1.82, 2.24) is 0 Å². The molecule has 0 spiro atoms. The summed E-state index contributed by atoms with van der Waals surface area (Å²) >= 11 is 3.36. The van der Waals surface area contributed by atoms with E-state index in [9.17, 15) is 4.79 Å². The van der Waals surface area contributed by atoms with Gasteiger partial charge in [-0.1, -0.05) is 28.9 Å². The molecule has 76 valence electrons. The van der Waals surface area contributed by atoms with E-state index in [4.69, 9.17) is 5.11 Å². The van der Waals surface area contributed by atoms with Crippen molar-refractivity contribution in [3.63, 3.8) is 0 Å². The van der Waals surface area contributed by atoms with Gasteiger partial charge >= 0.3 is 5.97 Å². The highest BCUT2D eigenvalue weighted by Gasteiger charge is 2.18. The number of rotatable bonds is 3. The van der Waals surface area contributed by atoms with Gasteiger partial charge in [0.1, 0.15) is 0 Å². The van der Waals surface area contributed by atoms with E-state index in [1.54, 1.807) is 0 Å². The molecule has 1 aromatic rings. The lowest BCUT2D eigenvalue weighted by Crippen LogP contribution is -2.11. The average Bonchev–Trinajstić information content (AvgIpc) is 2.09. The van der Waals surface area contributed by atoms with Gasteiger partial charge in [0.2, 0.25) is 0 Å². The molecule has 0 saturated heterocycles. The van der Waals surface area contributed by atoms with Crippen molar-refractivity contribution in [1.29, 1.82) is 0 Å². The van der Waals surface area contributed by atoms with Crippen molar-refractivity contribution < 1.29 is 9.90 Å². The van der Waals surface area contributed by atoms with Crippen LogP contribution in [-0.2, 0) is 4.79 Å². The van der Waals surface area contributed by atoms with Gasteiger partial charge in [-0.3, -0.25) is 4.79 Å². The van der Waals surface area contributed by atoms with Crippen LogP contribution in [0.5, 0.6) is 0 Å². The highest BCUT2D eigenvalue weighted by Crippen LogP contribution is 2.25. The van der Waals surface area contributed by atoms with Crippen molar-refractivity contribution in [2.45, 2.75) is 26.2 Å². The van der Waals surface area contributed by atoms with E-state index in [-0.39, 0.29) is 5.92 Å². The van der Waals surface area contributed by atoms with Crippen LogP contribution in [0.3, 0.4) is 0 Å². The number of aliphatic carboxylic acids is 1. The zero-order chi connectivity index (χ0) is 10.7. The second-order valence-corrected chi connectivity index (χ2v) is 4.22. The molecule has 0 aliphatic heterocycles. The van der Waals surface area contributed by atoms with Crippen LogP contribution in [0.1, 0.15) is 30.4 Å². The molecular weight excluding hydrogens is 244 g/mol. The SMILES string of the molecule is CCC(C(=O)O)c1ccc(Br)cc1C. The number of hydrogen-bond donors (Lipinski definition) is 1. The lowest BCUT2D eigenvalue weighted by molar-refractivity contribution is -0.138. The fourth-order valence-corrected chi connectivity index (χ4v) is 2.03. The Kier molecular flexibility index (Phi) is 3.69. The zero-order valence-electron chi connectivity index (χ0n) is 8.25. The van der Waals surface area contributed by atoms with Gasteiger partial charge in [-0.15, -0.1) is 0 Å². The maximum atomic E-state index is 11.0. The first-order valence-corrected chi connectivity index (χ1v) is 5.34. The largest absolute Gasteiger partial charge is 0.481 e. The number of halogens is 1. The Balaban J connectivity index is 3.10. The Bertz CT molecular complexity index is 347. The van der Waals surface area contributed by atoms with Gasteiger partial charge in [-0.25, -0.2) is 0 Å². The second kappa shape index (κ2) is 4.60. The lowest BCUT2D eigenvalue weighted by Gasteiger charge is -2.13. The summed E-state index contributed by atoms with van der Waals surface area (Å²) in [6.07, 6.45) is 0.623. The molecule has 1 N–H and O–H groups in total. The molecule has 14 heavy (non-hydrogen) atoms. The third kappa shape index (κ3) is 2.35. The maximum Gasteiger partial charge on any atom is 0.310 e. The van der Waals surface area contributed by atoms with Gasteiger partial charge in [-0.2, -0.15) is 0 Å². The molecule has 1 rings (SSSR count). The van der Waals surface area contributed by atoms with Gasteiger partial charge in [0.25, 0.3) is 0 Å². The zero-order valence-corrected chi connectivity index (χ0v) is 9.84. The van der Waals surface area contributed by atoms with Crippen LogP contribution < -0.4 is 0 Å². The Morgan fingerprint density at radius 1 is 1.57 bits per heavy atom. The van der Waals surface area contributed by atoms with Crippen LogP contribution in [0.2, 0.25) is 0 Å². The van der Waals surface area contributed by atoms with E-state index in [0.717, 1.165) is 15.6 Å². The van der Waals surface area contributed by atoms with Crippen molar-refractivity contribution in [2.75, 3.05) is 0 Å². The van der Waals surface area contributed by atoms with E-state index in [0.29, 0.717) is 6.42 Å². The van der Waals surface area contributed by atoms with E-state index < -0.39 is 5.97 Å². The van der Waals surface area contributed by atoms with Crippen LogP contribution in [0.25, 0.3) is 0 Å². The van der Waals surface area contributed by atoms with Gasteiger partial charge in [0.05, 0.1) is 5.92 Å². The molecule has 0 bridgehead atoms. The minimum absolute atomic E-state index is 0.386. The molecule has 0 fully saturated rings. The first-order chi connectivity index (χ1) is 6.56. The molecule has 1 atom stereocenters. The van der Waals surface area contributed by atoms with Crippen LogP contribution in [0.15, 0.2) is 22.7 Å². The Labute approximate surface area is 92.1 Å². The molecule has 2 nitrogen and oxygen atoms in total. The van der Waals surface area contributed by atoms with Crippen molar-refractivity contribution in [2.24, 2.45) is 0 Å². The van der Waals surface area contributed by atoms with Crippen LogP contribution in [0.4, 0.5) is 0 Å². The average molecular weight is 257 g/mol. The highest BCUT2D eigenvalue weighted by molar-refractivity contribution is 9.10. The molecule has 0 aromatic heterocycles. The van der Waals surface area contributed by atoms with E-state index >= 15 is 0 Å². The number of carboxylic acid groups (broad SMARTS) is 1. The Morgan fingerprint density at radius 2 is 2.21 bits per heavy atom. The number of benzene rings is 1. The summed E-state index contributed by atoms with van der Waals surface area (Å²) < 4.78 is 0.985. The Hall–Kier alpha value is -0.830. The molecule has 0 radical (unpaired) electrons. The number of carboxylic acids is 1. The van der Waals surface area contributed by atoms with Crippen molar-refractivity contribution >= 4 is 21.9 Å². The predicted molar refractivity (Wildman–Crippen MR) is 59.5 cm³/mol. The highest BCUT2D eigenvalue weighted by atomic mass is 79.9. The second-order valence-electron chi connectivity index (χ2n) is 3.30. The third-order valence-electron chi connectivity index (χ3n) is 2.31. The molecule has 1 aromatic carbocycles. The summed E-state index contributed by atoms with van der Waals surface area (Å²) in [5, 5.41) is 9.01. The summed E-state index contributed by atoms with van der Waals surface area (Å²) in [5.41, 5.74) is 1.93. The fourth-order valence-electron chi connectivity index (χ4n) is 1.56. The Morgan fingerprint density at radius 3 is 2.64 bits per heavy atom. The van der Waals surface area contributed by atoms with Gasteiger partial charge in [0, 0.05) is 4.47 Å². The normalized spacial score (nSPS) is 12.5. The topological polar surface area (TPSA) is 37.3 Å². The molecule has 0 aliphatic rings. The molecule has 0 heterocycles. The fraction of sp³-hybridized carbons (Fsp3) is 0.364. The smallest absolute Gasteiger partial charge is 0.310 e. The summed E-state index contributed by atoms with van der Waals surface area (Å²) in [6, 6.07) is 5.70. The monoisotopic (exact) mass is 256 g/mol. The van der Waals surface area contributed by atoms with Gasteiger partial charge in [-0.05, 0) is 36.6 Å². The van der Waals surface area contributed by atoms with Gasteiger partial charge < -0.3 is 5.11 Å².